The minimum absolute atomic E-state index is 0.167. The van der Waals surface area contributed by atoms with E-state index in [0.717, 1.165) is 31.2 Å². The number of benzene rings is 1. The van der Waals surface area contributed by atoms with Crippen molar-refractivity contribution in [2.24, 2.45) is 4.99 Å². The first-order valence-corrected chi connectivity index (χ1v) is 8.18. The van der Waals surface area contributed by atoms with Crippen LogP contribution in [0.5, 0.6) is 0 Å². The molecule has 0 aromatic heterocycles. The normalized spacial score (nSPS) is 22.7. The molecule has 100 valence electrons. The number of isocyanates is 1. The van der Waals surface area contributed by atoms with Crippen LogP contribution in [0.2, 0.25) is 0 Å². The molecule has 19 heavy (non-hydrogen) atoms. The third kappa shape index (κ3) is 1.85. The van der Waals surface area contributed by atoms with Crippen molar-refractivity contribution in [3.63, 3.8) is 0 Å². The van der Waals surface area contributed by atoms with Crippen LogP contribution in [-0.2, 0) is 26.6 Å². The number of rotatable bonds is 2. The summed E-state index contributed by atoms with van der Waals surface area (Å²) in [7, 11) is -3.22. The van der Waals surface area contributed by atoms with Crippen LogP contribution >= 0.6 is 0 Å². The molecular formula is C14H15NO3S. The smallest absolute Gasteiger partial charge is 0.224 e. The second-order valence-corrected chi connectivity index (χ2v) is 7.35. The minimum Gasteiger partial charge on any atom is -0.224 e. The molecule has 1 aliphatic carbocycles. The summed E-state index contributed by atoms with van der Waals surface area (Å²) in [6, 6.07) is 5.54. The Morgan fingerprint density at radius 1 is 1.21 bits per heavy atom. The first-order valence-electron chi connectivity index (χ1n) is 6.53. The van der Waals surface area contributed by atoms with Crippen LogP contribution in [0.3, 0.4) is 0 Å². The van der Waals surface area contributed by atoms with E-state index in [1.165, 1.54) is 0 Å². The number of hydrogen-bond donors (Lipinski definition) is 0. The van der Waals surface area contributed by atoms with Gasteiger partial charge in [0.05, 0.1) is 16.2 Å². The Morgan fingerprint density at radius 2 is 1.95 bits per heavy atom. The van der Waals surface area contributed by atoms with Crippen LogP contribution < -0.4 is 0 Å². The van der Waals surface area contributed by atoms with E-state index in [1.54, 1.807) is 6.08 Å². The van der Waals surface area contributed by atoms with Gasteiger partial charge in [-0.15, -0.1) is 0 Å². The Hall–Kier alpha value is -1.45. The molecule has 4 nitrogen and oxygen atoms in total. The standard InChI is InChI=1S/C14H15NO3S/c16-10-15-14(7-1-2-8-14)12-5-3-4-11-6-9-19(17,18)13(11)12/h3-5H,1-2,6-9H2. The van der Waals surface area contributed by atoms with E-state index in [9.17, 15) is 13.2 Å². The van der Waals surface area contributed by atoms with Gasteiger partial charge in [-0.25, -0.2) is 13.2 Å². The van der Waals surface area contributed by atoms with Crippen LogP contribution in [-0.4, -0.2) is 20.3 Å². The van der Waals surface area contributed by atoms with Crippen molar-refractivity contribution in [2.45, 2.75) is 42.5 Å². The monoisotopic (exact) mass is 277 g/mol. The number of fused-ring (bicyclic) bond motifs is 1. The van der Waals surface area contributed by atoms with Crippen LogP contribution in [0.15, 0.2) is 28.1 Å². The highest BCUT2D eigenvalue weighted by molar-refractivity contribution is 7.91. The van der Waals surface area contributed by atoms with Crippen LogP contribution in [0.4, 0.5) is 0 Å². The highest BCUT2D eigenvalue weighted by Crippen LogP contribution is 2.46. The van der Waals surface area contributed by atoms with E-state index in [4.69, 9.17) is 0 Å². The number of carbonyl (C=O) groups excluding carboxylic acids is 1. The SMILES string of the molecule is O=C=NC1(c2cccc3c2S(=O)(=O)CC3)CCCC1. The van der Waals surface area contributed by atoms with E-state index < -0.39 is 15.4 Å². The number of aryl methyl sites for hydroxylation is 1. The molecule has 0 spiro atoms. The number of sulfone groups is 1. The molecule has 1 aliphatic heterocycles. The fraction of sp³-hybridized carbons (Fsp3) is 0.500. The van der Waals surface area contributed by atoms with Crippen LogP contribution in [0, 0.1) is 0 Å². The van der Waals surface area contributed by atoms with Gasteiger partial charge in [-0.2, -0.15) is 4.99 Å². The van der Waals surface area contributed by atoms with E-state index in [1.807, 2.05) is 18.2 Å². The van der Waals surface area contributed by atoms with Gasteiger partial charge in [0.2, 0.25) is 6.08 Å². The summed E-state index contributed by atoms with van der Waals surface area (Å²) in [5.41, 5.74) is 0.915. The first-order chi connectivity index (χ1) is 9.09. The van der Waals surface area contributed by atoms with Gasteiger partial charge in [-0.1, -0.05) is 31.0 Å². The van der Waals surface area contributed by atoms with Gasteiger partial charge < -0.3 is 0 Å². The summed E-state index contributed by atoms with van der Waals surface area (Å²) in [6.45, 7) is 0. The lowest BCUT2D eigenvalue weighted by atomic mass is 9.87. The third-order valence-electron chi connectivity index (χ3n) is 4.24. The number of aliphatic imine (C=N–C) groups is 1. The lowest BCUT2D eigenvalue weighted by molar-refractivity contribution is 0.446. The summed E-state index contributed by atoms with van der Waals surface area (Å²) in [5.74, 6) is 0.167. The maximum Gasteiger partial charge on any atom is 0.235 e. The van der Waals surface area contributed by atoms with E-state index in [-0.39, 0.29) is 5.75 Å². The fourth-order valence-corrected chi connectivity index (χ4v) is 5.21. The molecule has 3 rings (SSSR count). The van der Waals surface area contributed by atoms with Crippen molar-refractivity contribution < 1.29 is 13.2 Å². The Labute approximate surface area is 112 Å². The summed E-state index contributed by atoms with van der Waals surface area (Å²) in [4.78, 5) is 15.2. The molecular weight excluding hydrogens is 262 g/mol. The van der Waals surface area contributed by atoms with Crippen molar-refractivity contribution in [3.8, 4) is 0 Å². The van der Waals surface area contributed by atoms with Gasteiger partial charge in [-0.3, -0.25) is 0 Å². The molecule has 1 aromatic carbocycles. The Balaban J connectivity index is 2.27. The predicted octanol–water partition coefficient (Wildman–Crippen LogP) is 2.12. The van der Waals surface area contributed by atoms with E-state index >= 15 is 0 Å². The minimum atomic E-state index is -3.22. The van der Waals surface area contributed by atoms with Gasteiger partial charge in [-0.05, 0) is 30.4 Å². The Kier molecular flexibility index (Phi) is 2.84. The van der Waals surface area contributed by atoms with Crippen molar-refractivity contribution in [2.75, 3.05) is 5.75 Å². The molecule has 0 bridgehead atoms. The molecule has 0 radical (unpaired) electrons. The molecule has 0 unspecified atom stereocenters. The maximum atomic E-state index is 12.2. The summed E-state index contributed by atoms with van der Waals surface area (Å²) in [5, 5.41) is 0. The fourth-order valence-electron chi connectivity index (χ4n) is 3.35. The molecule has 0 saturated heterocycles. The predicted molar refractivity (Wildman–Crippen MR) is 70.5 cm³/mol. The molecule has 5 heteroatoms. The van der Waals surface area contributed by atoms with Crippen molar-refractivity contribution in [1.82, 2.24) is 0 Å². The zero-order valence-electron chi connectivity index (χ0n) is 10.6. The quantitative estimate of drug-likeness (QED) is 0.614. The Bertz CT molecular complexity index is 666. The zero-order valence-corrected chi connectivity index (χ0v) is 11.4. The molecule has 1 saturated carbocycles. The first kappa shape index (κ1) is 12.6. The third-order valence-corrected chi connectivity index (χ3v) is 6.09. The molecule has 0 N–H and O–H groups in total. The average molecular weight is 277 g/mol. The highest BCUT2D eigenvalue weighted by atomic mass is 32.2. The molecule has 0 amide bonds. The lowest BCUT2D eigenvalue weighted by Crippen LogP contribution is -2.22. The van der Waals surface area contributed by atoms with E-state index in [2.05, 4.69) is 4.99 Å². The van der Waals surface area contributed by atoms with Crippen molar-refractivity contribution in [3.05, 3.63) is 29.3 Å². The molecule has 2 aliphatic rings. The average Bonchev–Trinajstić information content (AvgIpc) is 2.97. The topological polar surface area (TPSA) is 63.6 Å². The van der Waals surface area contributed by atoms with Gasteiger partial charge in [0.15, 0.2) is 9.84 Å². The summed E-state index contributed by atoms with van der Waals surface area (Å²) in [6.07, 6.45) is 5.60. The van der Waals surface area contributed by atoms with Gasteiger partial charge >= 0.3 is 0 Å². The van der Waals surface area contributed by atoms with Crippen molar-refractivity contribution >= 4 is 15.9 Å². The highest BCUT2D eigenvalue weighted by Gasteiger charge is 2.42. The van der Waals surface area contributed by atoms with Crippen LogP contribution in [0.25, 0.3) is 0 Å². The molecule has 0 atom stereocenters. The van der Waals surface area contributed by atoms with Gasteiger partial charge in [0, 0.05) is 0 Å². The van der Waals surface area contributed by atoms with Gasteiger partial charge in [0.25, 0.3) is 0 Å². The second-order valence-electron chi connectivity index (χ2n) is 5.30. The maximum absolute atomic E-state index is 12.2. The number of nitrogens with zero attached hydrogens (tertiary/aromatic N) is 1. The summed E-state index contributed by atoms with van der Waals surface area (Å²) < 4.78 is 24.5. The zero-order chi connectivity index (χ0) is 13.5. The molecule has 1 fully saturated rings. The largest absolute Gasteiger partial charge is 0.235 e. The lowest BCUT2D eigenvalue weighted by Gasteiger charge is -2.25. The second kappa shape index (κ2) is 4.29. The Morgan fingerprint density at radius 3 is 2.63 bits per heavy atom. The van der Waals surface area contributed by atoms with E-state index in [0.29, 0.717) is 16.9 Å². The summed E-state index contributed by atoms with van der Waals surface area (Å²) >= 11 is 0. The molecule has 1 heterocycles. The molecule has 1 aromatic rings. The van der Waals surface area contributed by atoms with Gasteiger partial charge in [0.1, 0.15) is 0 Å². The van der Waals surface area contributed by atoms with Crippen LogP contribution in [0.1, 0.15) is 36.8 Å². The van der Waals surface area contributed by atoms with Crippen molar-refractivity contribution in [1.29, 1.82) is 0 Å². The number of hydrogen-bond acceptors (Lipinski definition) is 4.